The largest absolute Gasteiger partial charge is 0.479 e. The van der Waals surface area contributed by atoms with Crippen LogP contribution in [0.3, 0.4) is 0 Å². The van der Waals surface area contributed by atoms with E-state index in [1.54, 1.807) is 13.3 Å². The molecule has 1 N–H and O–H groups in total. The van der Waals surface area contributed by atoms with E-state index in [1.807, 2.05) is 6.07 Å². The zero-order valence-electron chi connectivity index (χ0n) is 6.34. The molecule has 0 amide bonds. The number of hydrogen-bond acceptors (Lipinski definition) is 3. The molecule has 2 rings (SSSR count). The zero-order valence-corrected chi connectivity index (χ0v) is 7.92. The average Bonchev–Trinajstić information content (AvgIpc) is 2.50. The molecule has 0 saturated carbocycles. The van der Waals surface area contributed by atoms with Crippen LogP contribution in [0.5, 0.6) is 5.88 Å². The number of ether oxygens (including phenoxy) is 1. The van der Waals surface area contributed by atoms with E-state index in [-0.39, 0.29) is 0 Å². The van der Waals surface area contributed by atoms with Gasteiger partial charge in [0, 0.05) is 5.39 Å². The SMILES string of the molecule is COc1nc(Br)cc2cn[nH]c12. The van der Waals surface area contributed by atoms with Crippen molar-refractivity contribution in [1.82, 2.24) is 15.2 Å². The Labute approximate surface area is 77.1 Å². The van der Waals surface area contributed by atoms with Gasteiger partial charge in [0.05, 0.1) is 13.3 Å². The maximum absolute atomic E-state index is 5.05. The Kier molecular flexibility index (Phi) is 1.73. The van der Waals surface area contributed by atoms with Crippen molar-refractivity contribution in [3.63, 3.8) is 0 Å². The molecular formula is C7H6BrN3O. The highest BCUT2D eigenvalue weighted by atomic mass is 79.9. The molecule has 0 saturated heterocycles. The zero-order chi connectivity index (χ0) is 8.55. The third-order valence-electron chi connectivity index (χ3n) is 1.56. The smallest absolute Gasteiger partial charge is 0.240 e. The molecule has 62 valence electrons. The van der Waals surface area contributed by atoms with Crippen molar-refractivity contribution in [2.45, 2.75) is 0 Å². The number of H-pyrrole nitrogens is 1. The standard InChI is InChI=1S/C7H6BrN3O/c1-12-7-6-4(3-9-11-6)2-5(8)10-7/h2-3H,1H3,(H,9,11). The molecule has 0 aliphatic rings. The van der Waals surface area contributed by atoms with Gasteiger partial charge in [0.1, 0.15) is 10.1 Å². The fourth-order valence-electron chi connectivity index (χ4n) is 1.04. The maximum atomic E-state index is 5.05. The van der Waals surface area contributed by atoms with E-state index in [0.29, 0.717) is 5.88 Å². The van der Waals surface area contributed by atoms with Crippen molar-refractivity contribution in [3.8, 4) is 5.88 Å². The second-order valence-corrected chi connectivity index (χ2v) is 3.10. The normalized spacial score (nSPS) is 10.5. The Bertz CT molecular complexity index is 412. The van der Waals surface area contributed by atoms with E-state index in [0.717, 1.165) is 15.5 Å². The van der Waals surface area contributed by atoms with Gasteiger partial charge in [-0.25, -0.2) is 4.98 Å². The molecule has 5 heteroatoms. The summed E-state index contributed by atoms with van der Waals surface area (Å²) in [6.07, 6.45) is 1.73. The summed E-state index contributed by atoms with van der Waals surface area (Å²) in [7, 11) is 1.58. The van der Waals surface area contributed by atoms with Gasteiger partial charge in [-0.15, -0.1) is 0 Å². The molecule has 2 aromatic heterocycles. The van der Waals surface area contributed by atoms with Crippen LogP contribution >= 0.6 is 15.9 Å². The lowest BCUT2D eigenvalue weighted by Crippen LogP contribution is -1.89. The lowest BCUT2D eigenvalue weighted by molar-refractivity contribution is 0.401. The molecular weight excluding hydrogens is 222 g/mol. The van der Waals surface area contributed by atoms with Gasteiger partial charge in [-0.1, -0.05) is 0 Å². The third kappa shape index (κ3) is 1.06. The van der Waals surface area contributed by atoms with Crippen LogP contribution in [0.2, 0.25) is 0 Å². The Morgan fingerprint density at radius 1 is 1.58 bits per heavy atom. The van der Waals surface area contributed by atoms with Gasteiger partial charge >= 0.3 is 0 Å². The van der Waals surface area contributed by atoms with E-state index in [4.69, 9.17) is 4.74 Å². The van der Waals surface area contributed by atoms with Crippen LogP contribution in [-0.4, -0.2) is 22.3 Å². The van der Waals surface area contributed by atoms with Crippen LogP contribution in [0, 0.1) is 0 Å². The number of aromatic amines is 1. The molecule has 0 fully saturated rings. The van der Waals surface area contributed by atoms with Gasteiger partial charge in [0.25, 0.3) is 0 Å². The first-order valence-electron chi connectivity index (χ1n) is 3.35. The summed E-state index contributed by atoms with van der Waals surface area (Å²) in [5.74, 6) is 0.553. The van der Waals surface area contributed by atoms with Crippen molar-refractivity contribution >= 4 is 26.8 Å². The van der Waals surface area contributed by atoms with Crippen molar-refractivity contribution in [2.24, 2.45) is 0 Å². The number of rotatable bonds is 1. The third-order valence-corrected chi connectivity index (χ3v) is 1.97. The minimum atomic E-state index is 0.553. The van der Waals surface area contributed by atoms with Crippen LogP contribution in [0.15, 0.2) is 16.9 Å². The second kappa shape index (κ2) is 2.75. The Hall–Kier alpha value is -1.10. The molecule has 0 radical (unpaired) electrons. The summed E-state index contributed by atoms with van der Waals surface area (Å²) in [5.41, 5.74) is 0.820. The number of nitrogens with one attached hydrogen (secondary N) is 1. The molecule has 2 heterocycles. The van der Waals surface area contributed by atoms with E-state index >= 15 is 0 Å². The quantitative estimate of drug-likeness (QED) is 0.756. The van der Waals surface area contributed by atoms with E-state index in [1.165, 1.54) is 0 Å². The molecule has 4 nitrogen and oxygen atoms in total. The fourth-order valence-corrected chi connectivity index (χ4v) is 1.45. The highest BCUT2D eigenvalue weighted by molar-refractivity contribution is 9.10. The maximum Gasteiger partial charge on any atom is 0.240 e. The first-order valence-corrected chi connectivity index (χ1v) is 4.14. The molecule has 0 atom stereocenters. The Morgan fingerprint density at radius 2 is 2.42 bits per heavy atom. The molecule has 2 aromatic rings. The van der Waals surface area contributed by atoms with Crippen molar-refractivity contribution in [1.29, 1.82) is 0 Å². The fraction of sp³-hybridized carbons (Fsp3) is 0.143. The lowest BCUT2D eigenvalue weighted by Gasteiger charge is -1.99. The molecule has 0 spiro atoms. The summed E-state index contributed by atoms with van der Waals surface area (Å²) >= 11 is 3.28. The van der Waals surface area contributed by atoms with E-state index in [9.17, 15) is 0 Å². The van der Waals surface area contributed by atoms with Crippen LogP contribution in [-0.2, 0) is 0 Å². The number of fused-ring (bicyclic) bond motifs is 1. The highest BCUT2D eigenvalue weighted by Gasteiger charge is 2.05. The van der Waals surface area contributed by atoms with Crippen LogP contribution < -0.4 is 4.74 Å². The van der Waals surface area contributed by atoms with Gasteiger partial charge in [0.15, 0.2) is 0 Å². The van der Waals surface area contributed by atoms with Crippen molar-refractivity contribution in [2.75, 3.05) is 7.11 Å². The first kappa shape index (κ1) is 7.54. The van der Waals surface area contributed by atoms with Gasteiger partial charge in [0.2, 0.25) is 5.88 Å². The van der Waals surface area contributed by atoms with Gasteiger partial charge in [-0.05, 0) is 22.0 Å². The number of methoxy groups -OCH3 is 1. The molecule has 0 aliphatic heterocycles. The minimum Gasteiger partial charge on any atom is -0.479 e. The summed E-state index contributed by atoms with van der Waals surface area (Å²) in [5, 5.41) is 7.67. The number of halogens is 1. The van der Waals surface area contributed by atoms with Gasteiger partial charge in [-0.2, -0.15) is 5.10 Å². The van der Waals surface area contributed by atoms with E-state index < -0.39 is 0 Å². The number of aromatic nitrogens is 3. The monoisotopic (exact) mass is 227 g/mol. The minimum absolute atomic E-state index is 0.553. The van der Waals surface area contributed by atoms with Gasteiger partial charge < -0.3 is 4.74 Å². The second-order valence-electron chi connectivity index (χ2n) is 2.29. The molecule has 0 aliphatic carbocycles. The van der Waals surface area contributed by atoms with Crippen molar-refractivity contribution < 1.29 is 4.74 Å². The van der Waals surface area contributed by atoms with Crippen LogP contribution in [0.4, 0.5) is 0 Å². The van der Waals surface area contributed by atoms with Gasteiger partial charge in [-0.3, -0.25) is 5.10 Å². The molecule has 0 bridgehead atoms. The lowest BCUT2D eigenvalue weighted by atomic mass is 10.3. The van der Waals surface area contributed by atoms with Crippen molar-refractivity contribution in [3.05, 3.63) is 16.9 Å². The predicted molar refractivity (Wildman–Crippen MR) is 48.1 cm³/mol. The Morgan fingerprint density at radius 3 is 3.17 bits per heavy atom. The number of nitrogens with zero attached hydrogens (tertiary/aromatic N) is 2. The Balaban J connectivity index is 2.80. The summed E-state index contributed by atoms with van der Waals surface area (Å²) in [6, 6.07) is 1.88. The average molecular weight is 228 g/mol. The van der Waals surface area contributed by atoms with Crippen LogP contribution in [0.25, 0.3) is 10.9 Å². The summed E-state index contributed by atoms with van der Waals surface area (Å²) < 4.78 is 5.80. The highest BCUT2D eigenvalue weighted by Crippen LogP contribution is 2.23. The first-order chi connectivity index (χ1) is 5.81. The van der Waals surface area contributed by atoms with Crippen LogP contribution in [0.1, 0.15) is 0 Å². The summed E-state index contributed by atoms with van der Waals surface area (Å²) in [6.45, 7) is 0. The molecule has 0 unspecified atom stereocenters. The molecule has 12 heavy (non-hydrogen) atoms. The number of pyridine rings is 1. The topological polar surface area (TPSA) is 50.8 Å². The summed E-state index contributed by atoms with van der Waals surface area (Å²) in [4.78, 5) is 4.12. The molecule has 0 aromatic carbocycles. The van der Waals surface area contributed by atoms with E-state index in [2.05, 4.69) is 31.1 Å². The predicted octanol–water partition coefficient (Wildman–Crippen LogP) is 1.73. The number of hydrogen-bond donors (Lipinski definition) is 1.